The summed E-state index contributed by atoms with van der Waals surface area (Å²) < 4.78 is 26.0. The number of piperidine rings is 1. The molecule has 0 aliphatic carbocycles. The molecule has 1 atom stereocenters. The lowest BCUT2D eigenvalue weighted by Crippen LogP contribution is -2.41. The first-order chi connectivity index (χ1) is 16.2. The van der Waals surface area contributed by atoms with Crippen LogP contribution in [0.1, 0.15) is 41.4 Å². The molecular formula is C24H27N5O4S. The smallest absolute Gasteiger partial charge is 0.254 e. The van der Waals surface area contributed by atoms with Crippen molar-refractivity contribution in [2.45, 2.75) is 32.2 Å². The summed E-state index contributed by atoms with van der Waals surface area (Å²) in [7, 11) is -3.12. The second-order valence-corrected chi connectivity index (χ2v) is 11.4. The Hall–Kier alpha value is -3.27. The van der Waals surface area contributed by atoms with E-state index >= 15 is 0 Å². The number of rotatable bonds is 4. The molecule has 178 valence electrons. The van der Waals surface area contributed by atoms with E-state index in [1.807, 2.05) is 37.3 Å². The summed E-state index contributed by atoms with van der Waals surface area (Å²) >= 11 is 0. The van der Waals surface area contributed by atoms with Crippen molar-refractivity contribution < 1.29 is 18.0 Å². The van der Waals surface area contributed by atoms with Crippen LogP contribution in [-0.4, -0.2) is 64.5 Å². The zero-order valence-electron chi connectivity index (χ0n) is 19.0. The molecule has 9 nitrogen and oxygen atoms in total. The van der Waals surface area contributed by atoms with Gasteiger partial charge in [-0.05, 0) is 32.3 Å². The van der Waals surface area contributed by atoms with Crippen molar-refractivity contribution in [1.82, 2.24) is 19.7 Å². The van der Waals surface area contributed by atoms with E-state index in [0.717, 1.165) is 5.56 Å². The summed E-state index contributed by atoms with van der Waals surface area (Å²) in [6, 6.07) is 11.1. The van der Waals surface area contributed by atoms with Gasteiger partial charge in [-0.25, -0.2) is 18.1 Å². The maximum atomic E-state index is 13.7. The zero-order chi connectivity index (χ0) is 24.0. The van der Waals surface area contributed by atoms with Crippen LogP contribution in [0.3, 0.4) is 0 Å². The second-order valence-electron chi connectivity index (χ2n) is 9.18. The van der Waals surface area contributed by atoms with Gasteiger partial charge >= 0.3 is 0 Å². The van der Waals surface area contributed by atoms with Crippen LogP contribution < -0.4 is 5.73 Å². The number of nitrogens with zero attached hydrogens (tertiary/aromatic N) is 4. The normalized spacial score (nSPS) is 20.6. The standard InChI is InChI=1S/C24H27N5O4S/c1-15-21-19(24(31)28-10-7-17(8-11-28)22(25)30)13-20(16-5-3-2-4-6-16)26-23(21)29(27-15)18-9-12-34(32,33)14-18/h2-6,13,17-18H,7-12,14H2,1H3,(H2,25,30). The van der Waals surface area contributed by atoms with Crippen LogP contribution in [0.15, 0.2) is 36.4 Å². The Morgan fingerprint density at radius 3 is 2.41 bits per heavy atom. The number of hydrogen-bond donors (Lipinski definition) is 1. The molecule has 3 aromatic rings. The van der Waals surface area contributed by atoms with Crippen molar-refractivity contribution >= 4 is 32.7 Å². The summed E-state index contributed by atoms with van der Waals surface area (Å²) in [4.78, 5) is 31.9. The number of nitrogens with two attached hydrogens (primary N) is 1. The molecule has 0 bridgehead atoms. The number of benzene rings is 1. The largest absolute Gasteiger partial charge is 0.369 e. The van der Waals surface area contributed by atoms with Crippen LogP contribution in [0.2, 0.25) is 0 Å². The molecule has 5 rings (SSSR count). The average molecular weight is 482 g/mol. The molecule has 0 spiro atoms. The molecule has 2 aliphatic heterocycles. The van der Waals surface area contributed by atoms with Crippen molar-refractivity contribution in [2.24, 2.45) is 11.7 Å². The lowest BCUT2D eigenvalue weighted by molar-refractivity contribution is -0.123. The van der Waals surface area contributed by atoms with E-state index in [-0.39, 0.29) is 35.3 Å². The van der Waals surface area contributed by atoms with Crippen LogP contribution >= 0.6 is 0 Å². The van der Waals surface area contributed by atoms with Crippen LogP contribution in [0.5, 0.6) is 0 Å². The van der Waals surface area contributed by atoms with E-state index in [2.05, 4.69) is 5.10 Å². The van der Waals surface area contributed by atoms with Crippen molar-refractivity contribution in [3.05, 3.63) is 47.7 Å². The highest BCUT2D eigenvalue weighted by Gasteiger charge is 2.33. The molecule has 2 aromatic heterocycles. The molecule has 2 fully saturated rings. The number of fused-ring (bicyclic) bond motifs is 1. The van der Waals surface area contributed by atoms with E-state index in [1.165, 1.54) is 0 Å². The first-order valence-electron chi connectivity index (χ1n) is 11.5. The van der Waals surface area contributed by atoms with Crippen LogP contribution in [0.25, 0.3) is 22.3 Å². The quantitative estimate of drug-likeness (QED) is 0.608. The lowest BCUT2D eigenvalue weighted by Gasteiger charge is -2.30. The van der Waals surface area contributed by atoms with Gasteiger partial charge in [0, 0.05) is 24.6 Å². The highest BCUT2D eigenvalue weighted by molar-refractivity contribution is 7.91. The van der Waals surface area contributed by atoms with E-state index in [4.69, 9.17) is 10.7 Å². The van der Waals surface area contributed by atoms with Gasteiger partial charge in [0.05, 0.1) is 39.9 Å². The molecule has 10 heteroatoms. The zero-order valence-corrected chi connectivity index (χ0v) is 19.8. The Morgan fingerprint density at radius 2 is 1.79 bits per heavy atom. The molecule has 1 aromatic carbocycles. The highest BCUT2D eigenvalue weighted by atomic mass is 32.2. The summed E-state index contributed by atoms with van der Waals surface area (Å²) in [5, 5.41) is 5.30. The van der Waals surface area contributed by atoms with Crippen molar-refractivity contribution in [2.75, 3.05) is 24.6 Å². The van der Waals surface area contributed by atoms with Gasteiger partial charge in [0.25, 0.3) is 5.91 Å². The number of carbonyl (C=O) groups excluding carboxylic acids is 2. The van der Waals surface area contributed by atoms with Gasteiger partial charge in [0.15, 0.2) is 15.5 Å². The summed E-state index contributed by atoms with van der Waals surface area (Å²) in [6.45, 7) is 2.72. The minimum atomic E-state index is -3.12. The third kappa shape index (κ3) is 4.06. The first-order valence-corrected chi connectivity index (χ1v) is 13.3. The Labute approximate surface area is 197 Å². The second kappa shape index (κ2) is 8.50. The molecule has 2 saturated heterocycles. The average Bonchev–Trinajstić information content (AvgIpc) is 3.37. The Kier molecular flexibility index (Phi) is 5.63. The molecule has 0 saturated carbocycles. The first kappa shape index (κ1) is 22.5. The van der Waals surface area contributed by atoms with Gasteiger partial charge in [0.1, 0.15) is 0 Å². The number of aromatic nitrogens is 3. The summed E-state index contributed by atoms with van der Waals surface area (Å²) in [5.41, 5.74) is 8.60. The topological polar surface area (TPSA) is 128 Å². The summed E-state index contributed by atoms with van der Waals surface area (Å²) in [5.74, 6) is -0.542. The van der Waals surface area contributed by atoms with E-state index in [1.54, 1.807) is 15.6 Å². The SMILES string of the molecule is Cc1nn(C2CCS(=O)(=O)C2)c2nc(-c3ccccc3)cc(C(=O)N3CCC(C(N)=O)CC3)c12. The monoisotopic (exact) mass is 481 g/mol. The number of hydrogen-bond acceptors (Lipinski definition) is 6. The molecule has 0 radical (unpaired) electrons. The molecular weight excluding hydrogens is 454 g/mol. The maximum Gasteiger partial charge on any atom is 0.254 e. The third-order valence-corrected chi connectivity index (χ3v) is 8.63. The molecule has 2 amide bonds. The van der Waals surface area contributed by atoms with Crippen LogP contribution in [-0.2, 0) is 14.6 Å². The van der Waals surface area contributed by atoms with E-state index in [0.29, 0.717) is 60.3 Å². The fourth-order valence-electron chi connectivity index (χ4n) is 5.00. The number of aryl methyl sites for hydroxylation is 1. The number of likely N-dealkylation sites (tertiary alicyclic amines) is 1. The van der Waals surface area contributed by atoms with Gasteiger partial charge < -0.3 is 10.6 Å². The van der Waals surface area contributed by atoms with Gasteiger partial charge in [-0.1, -0.05) is 30.3 Å². The number of amides is 2. The van der Waals surface area contributed by atoms with Gasteiger partial charge in [0.2, 0.25) is 5.91 Å². The summed E-state index contributed by atoms with van der Waals surface area (Å²) in [6.07, 6.45) is 1.55. The minimum Gasteiger partial charge on any atom is -0.369 e. The Morgan fingerprint density at radius 1 is 1.09 bits per heavy atom. The van der Waals surface area contributed by atoms with Crippen molar-refractivity contribution in [3.63, 3.8) is 0 Å². The van der Waals surface area contributed by atoms with Gasteiger partial charge in [-0.15, -0.1) is 0 Å². The van der Waals surface area contributed by atoms with Crippen molar-refractivity contribution in [3.8, 4) is 11.3 Å². The fraction of sp³-hybridized carbons (Fsp3) is 0.417. The highest BCUT2D eigenvalue weighted by Crippen LogP contribution is 2.33. The minimum absolute atomic E-state index is 0.0182. The molecule has 34 heavy (non-hydrogen) atoms. The van der Waals surface area contributed by atoms with Crippen LogP contribution in [0, 0.1) is 12.8 Å². The number of primary amides is 1. The van der Waals surface area contributed by atoms with E-state index < -0.39 is 9.84 Å². The fourth-order valence-corrected chi connectivity index (χ4v) is 6.69. The molecule has 2 N–H and O–H groups in total. The van der Waals surface area contributed by atoms with Crippen molar-refractivity contribution in [1.29, 1.82) is 0 Å². The Bertz CT molecular complexity index is 1380. The predicted molar refractivity (Wildman–Crippen MR) is 128 cm³/mol. The predicted octanol–water partition coefficient (Wildman–Crippen LogP) is 2.10. The Balaban J connectivity index is 1.62. The van der Waals surface area contributed by atoms with Crippen LogP contribution in [0.4, 0.5) is 0 Å². The lowest BCUT2D eigenvalue weighted by atomic mass is 9.95. The van der Waals surface area contributed by atoms with E-state index in [9.17, 15) is 18.0 Å². The maximum absolute atomic E-state index is 13.7. The van der Waals surface area contributed by atoms with Gasteiger partial charge in [-0.2, -0.15) is 5.10 Å². The number of pyridine rings is 1. The number of carbonyl (C=O) groups is 2. The molecule has 4 heterocycles. The third-order valence-electron chi connectivity index (χ3n) is 6.88. The molecule has 1 unspecified atom stereocenters. The number of sulfone groups is 1. The van der Waals surface area contributed by atoms with Gasteiger partial charge in [-0.3, -0.25) is 9.59 Å². The molecule has 2 aliphatic rings.